The molecule has 190 valence electrons. The average molecular weight is 499 g/mol. The first-order chi connectivity index (χ1) is 17.0. The van der Waals surface area contributed by atoms with Crippen LogP contribution in [0, 0.1) is 0 Å². The maximum absolute atomic E-state index is 13.4. The highest BCUT2D eigenvalue weighted by molar-refractivity contribution is 7.99. The third-order valence-electron chi connectivity index (χ3n) is 6.50. The highest BCUT2D eigenvalue weighted by atomic mass is 32.2. The fraction of sp³-hybridized carbons (Fsp3) is 0.500. The molecule has 0 aliphatic heterocycles. The van der Waals surface area contributed by atoms with Gasteiger partial charge < -0.3 is 19.7 Å². The lowest BCUT2D eigenvalue weighted by Gasteiger charge is -2.32. The van der Waals surface area contributed by atoms with Crippen molar-refractivity contribution < 1.29 is 19.1 Å². The number of amides is 2. The molecule has 1 aliphatic rings. The highest BCUT2D eigenvalue weighted by Gasteiger charge is 2.30. The SMILES string of the molecule is CC[C@H](C(=O)NC1CCCCC1)N(Cc1ccc(OC)cc1)C(=O)CSCc1ccc(OC)cc1. The summed E-state index contributed by atoms with van der Waals surface area (Å²) in [5.74, 6) is 2.55. The number of ether oxygens (including phenoxy) is 2. The molecule has 6 nitrogen and oxygen atoms in total. The van der Waals surface area contributed by atoms with Gasteiger partial charge in [0.1, 0.15) is 17.5 Å². The quantitative estimate of drug-likeness (QED) is 0.436. The van der Waals surface area contributed by atoms with Crippen molar-refractivity contribution in [2.75, 3.05) is 20.0 Å². The summed E-state index contributed by atoms with van der Waals surface area (Å²) in [4.78, 5) is 28.5. The number of rotatable bonds is 12. The molecule has 1 fully saturated rings. The van der Waals surface area contributed by atoms with Crippen molar-refractivity contribution in [2.45, 2.75) is 69.8 Å². The van der Waals surface area contributed by atoms with E-state index in [9.17, 15) is 9.59 Å². The van der Waals surface area contributed by atoms with Crippen molar-refractivity contribution in [1.82, 2.24) is 10.2 Å². The molecule has 35 heavy (non-hydrogen) atoms. The fourth-order valence-electron chi connectivity index (χ4n) is 4.45. The molecule has 0 bridgehead atoms. The molecular formula is C28H38N2O4S. The minimum atomic E-state index is -0.492. The van der Waals surface area contributed by atoms with E-state index in [1.54, 1.807) is 30.9 Å². The zero-order chi connectivity index (χ0) is 25.0. The third kappa shape index (κ3) is 8.20. The Morgan fingerprint density at radius 1 is 0.943 bits per heavy atom. The van der Waals surface area contributed by atoms with E-state index in [1.807, 2.05) is 55.5 Å². The Morgan fingerprint density at radius 3 is 2.06 bits per heavy atom. The zero-order valence-electron chi connectivity index (χ0n) is 21.1. The normalized spacial score (nSPS) is 14.7. The Balaban J connectivity index is 1.68. The number of hydrogen-bond acceptors (Lipinski definition) is 5. The summed E-state index contributed by atoms with van der Waals surface area (Å²) in [5, 5.41) is 3.23. The molecule has 1 atom stereocenters. The van der Waals surface area contributed by atoms with E-state index in [-0.39, 0.29) is 17.9 Å². The van der Waals surface area contributed by atoms with Crippen molar-refractivity contribution in [3.05, 3.63) is 59.7 Å². The van der Waals surface area contributed by atoms with Gasteiger partial charge in [-0.05, 0) is 54.7 Å². The predicted molar refractivity (Wildman–Crippen MR) is 142 cm³/mol. The van der Waals surface area contributed by atoms with E-state index >= 15 is 0 Å². The van der Waals surface area contributed by atoms with Crippen LogP contribution in [0.1, 0.15) is 56.6 Å². The molecule has 0 radical (unpaired) electrons. The Labute approximate surface area is 213 Å². The minimum absolute atomic E-state index is 0.0232. The van der Waals surface area contributed by atoms with E-state index in [0.29, 0.717) is 18.7 Å². The van der Waals surface area contributed by atoms with Crippen LogP contribution < -0.4 is 14.8 Å². The number of carbonyl (C=O) groups is 2. The molecule has 2 aromatic rings. The van der Waals surface area contributed by atoms with E-state index in [1.165, 1.54) is 6.42 Å². The molecule has 0 unspecified atom stereocenters. The summed E-state index contributed by atoms with van der Waals surface area (Å²) in [6.07, 6.45) is 6.15. The lowest BCUT2D eigenvalue weighted by Crippen LogP contribution is -2.52. The Kier molecular flexibility index (Phi) is 10.8. The van der Waals surface area contributed by atoms with Gasteiger partial charge in [0.05, 0.1) is 20.0 Å². The fourth-order valence-corrected chi connectivity index (χ4v) is 5.32. The summed E-state index contributed by atoms with van der Waals surface area (Å²) in [6, 6.07) is 15.3. The average Bonchev–Trinajstić information content (AvgIpc) is 2.89. The van der Waals surface area contributed by atoms with E-state index < -0.39 is 6.04 Å². The van der Waals surface area contributed by atoms with Gasteiger partial charge in [0.2, 0.25) is 11.8 Å². The molecular weight excluding hydrogens is 460 g/mol. The molecule has 2 aromatic carbocycles. The number of hydrogen-bond donors (Lipinski definition) is 1. The molecule has 1 aliphatic carbocycles. The van der Waals surface area contributed by atoms with Crippen LogP contribution in [0.15, 0.2) is 48.5 Å². The molecule has 1 saturated carbocycles. The zero-order valence-corrected chi connectivity index (χ0v) is 21.9. The highest BCUT2D eigenvalue weighted by Crippen LogP contribution is 2.22. The van der Waals surface area contributed by atoms with Gasteiger partial charge in [-0.3, -0.25) is 9.59 Å². The second-order valence-corrected chi connectivity index (χ2v) is 9.96. The van der Waals surface area contributed by atoms with E-state index in [2.05, 4.69) is 5.32 Å². The van der Waals surface area contributed by atoms with Gasteiger partial charge >= 0.3 is 0 Å². The Bertz CT molecular complexity index is 927. The summed E-state index contributed by atoms with van der Waals surface area (Å²) >= 11 is 1.56. The summed E-state index contributed by atoms with van der Waals surface area (Å²) in [5.41, 5.74) is 2.11. The van der Waals surface area contributed by atoms with Crippen molar-refractivity contribution in [2.24, 2.45) is 0 Å². The lowest BCUT2D eigenvalue weighted by molar-refractivity contribution is -0.139. The second-order valence-electron chi connectivity index (χ2n) is 8.98. The van der Waals surface area contributed by atoms with Crippen LogP contribution in [0.2, 0.25) is 0 Å². The van der Waals surface area contributed by atoms with Gasteiger partial charge in [0.25, 0.3) is 0 Å². The van der Waals surface area contributed by atoms with Crippen molar-refractivity contribution in [3.63, 3.8) is 0 Å². The molecule has 0 spiro atoms. The number of nitrogens with one attached hydrogen (secondary N) is 1. The topological polar surface area (TPSA) is 67.9 Å². The van der Waals surface area contributed by atoms with Gasteiger partial charge in [-0.15, -0.1) is 11.8 Å². The largest absolute Gasteiger partial charge is 0.497 e. The van der Waals surface area contributed by atoms with Crippen LogP contribution >= 0.6 is 11.8 Å². The molecule has 7 heteroatoms. The molecule has 1 N–H and O–H groups in total. The van der Waals surface area contributed by atoms with Crippen molar-refractivity contribution in [1.29, 1.82) is 0 Å². The van der Waals surface area contributed by atoms with Crippen LogP contribution in [0.3, 0.4) is 0 Å². The van der Waals surface area contributed by atoms with E-state index in [0.717, 1.165) is 54.1 Å². The molecule has 0 saturated heterocycles. The maximum atomic E-state index is 13.4. The summed E-state index contributed by atoms with van der Waals surface area (Å²) < 4.78 is 10.5. The Morgan fingerprint density at radius 2 is 1.51 bits per heavy atom. The number of nitrogens with zero attached hydrogens (tertiary/aromatic N) is 1. The molecule has 0 heterocycles. The van der Waals surface area contributed by atoms with Crippen molar-refractivity contribution in [3.8, 4) is 11.5 Å². The third-order valence-corrected chi connectivity index (χ3v) is 7.49. The van der Waals surface area contributed by atoms with Crippen molar-refractivity contribution >= 4 is 23.6 Å². The smallest absolute Gasteiger partial charge is 0.243 e. The van der Waals surface area contributed by atoms with Crippen LogP contribution in [0.25, 0.3) is 0 Å². The first-order valence-corrected chi connectivity index (χ1v) is 13.6. The van der Waals surface area contributed by atoms with Gasteiger partial charge in [0, 0.05) is 18.3 Å². The van der Waals surface area contributed by atoms with Crippen LogP contribution in [-0.4, -0.2) is 48.8 Å². The molecule has 2 amide bonds. The van der Waals surface area contributed by atoms with Gasteiger partial charge in [0.15, 0.2) is 0 Å². The monoisotopic (exact) mass is 498 g/mol. The van der Waals surface area contributed by atoms with Crippen LogP contribution in [0.4, 0.5) is 0 Å². The second kappa shape index (κ2) is 14.0. The summed E-state index contributed by atoms with van der Waals surface area (Å²) in [7, 11) is 3.28. The standard InChI is InChI=1S/C28H38N2O4S/c1-4-26(28(32)29-23-8-6-5-7-9-23)30(18-21-10-14-24(33-2)15-11-21)27(31)20-35-19-22-12-16-25(34-3)17-13-22/h10-17,23,26H,4-9,18-20H2,1-3H3,(H,29,32)/t26-/m1/s1. The number of carbonyl (C=O) groups excluding carboxylic acids is 2. The van der Waals surface area contributed by atoms with Gasteiger partial charge in [-0.2, -0.15) is 0 Å². The maximum Gasteiger partial charge on any atom is 0.243 e. The first kappa shape index (κ1) is 26.9. The minimum Gasteiger partial charge on any atom is -0.497 e. The van der Waals surface area contributed by atoms with Gasteiger partial charge in [-0.1, -0.05) is 50.5 Å². The van der Waals surface area contributed by atoms with Crippen LogP contribution in [0.5, 0.6) is 11.5 Å². The summed E-state index contributed by atoms with van der Waals surface area (Å²) in [6.45, 7) is 2.37. The Hall–Kier alpha value is -2.67. The van der Waals surface area contributed by atoms with E-state index in [4.69, 9.17) is 9.47 Å². The molecule has 3 rings (SSSR count). The number of methoxy groups -OCH3 is 2. The molecule has 0 aromatic heterocycles. The lowest BCUT2D eigenvalue weighted by atomic mass is 9.95. The first-order valence-electron chi connectivity index (χ1n) is 12.5. The van der Waals surface area contributed by atoms with Crippen LogP contribution in [-0.2, 0) is 21.9 Å². The van der Waals surface area contributed by atoms with Gasteiger partial charge in [-0.25, -0.2) is 0 Å². The number of thioether (sulfide) groups is 1. The predicted octanol–water partition coefficient (Wildman–Crippen LogP) is 5.19. The number of benzene rings is 2.